The summed E-state index contributed by atoms with van der Waals surface area (Å²) in [5.41, 5.74) is 3.56. The van der Waals surface area contributed by atoms with E-state index in [0.717, 1.165) is 24.3 Å². The molecule has 0 spiro atoms. The second-order valence-corrected chi connectivity index (χ2v) is 5.99. The van der Waals surface area contributed by atoms with Gasteiger partial charge in [0.2, 0.25) is 0 Å². The van der Waals surface area contributed by atoms with Gasteiger partial charge in [0.15, 0.2) is 0 Å². The Morgan fingerprint density at radius 3 is 2.89 bits per heavy atom. The summed E-state index contributed by atoms with van der Waals surface area (Å²) in [5, 5.41) is 2.11. The predicted octanol–water partition coefficient (Wildman–Crippen LogP) is 4.24. The summed E-state index contributed by atoms with van der Waals surface area (Å²) in [7, 11) is 0. The summed E-state index contributed by atoms with van der Waals surface area (Å²) in [4.78, 5) is 6.07. The van der Waals surface area contributed by atoms with Gasteiger partial charge in [-0.15, -0.1) is 22.9 Å². The van der Waals surface area contributed by atoms with E-state index in [1.54, 1.807) is 11.3 Å². The number of hydrogen-bond acceptors (Lipinski definition) is 2. The van der Waals surface area contributed by atoms with E-state index < -0.39 is 0 Å². The summed E-state index contributed by atoms with van der Waals surface area (Å²) in [6.07, 6.45) is 0.807. The molecule has 1 aromatic carbocycles. The Balaban J connectivity index is 2.15. The summed E-state index contributed by atoms with van der Waals surface area (Å²) in [5.74, 6) is 1.68. The number of thiophene rings is 1. The molecule has 0 radical (unpaired) electrons. The molecule has 0 saturated heterocycles. The Kier molecular flexibility index (Phi) is 3.58. The normalized spacial score (nSPS) is 11.3. The molecule has 0 unspecified atom stereocenters. The number of hydrogen-bond donors (Lipinski definition) is 0. The van der Waals surface area contributed by atoms with Gasteiger partial charge in [-0.3, -0.25) is 0 Å². The van der Waals surface area contributed by atoms with Crippen molar-refractivity contribution in [3.05, 3.63) is 52.0 Å². The molecule has 98 valence electrons. The standard InChI is InChI=1S/C15H15ClN2S/c1-11-4-2-6-13-15(11)18(14(17-13)7-8-16)10-12-5-3-9-19-12/h2-6,9H,7-8,10H2,1H3. The number of fused-ring (bicyclic) bond motifs is 1. The molecule has 0 atom stereocenters. The number of nitrogens with zero attached hydrogens (tertiary/aromatic N) is 2. The number of alkyl halides is 1. The zero-order valence-electron chi connectivity index (χ0n) is 10.8. The maximum atomic E-state index is 5.91. The van der Waals surface area contributed by atoms with E-state index >= 15 is 0 Å². The van der Waals surface area contributed by atoms with Gasteiger partial charge in [-0.05, 0) is 30.0 Å². The van der Waals surface area contributed by atoms with Crippen molar-refractivity contribution in [2.75, 3.05) is 5.88 Å². The quantitative estimate of drug-likeness (QED) is 0.657. The molecule has 0 aliphatic heterocycles. The van der Waals surface area contributed by atoms with Gasteiger partial charge in [0.05, 0.1) is 17.6 Å². The van der Waals surface area contributed by atoms with Crippen LogP contribution in [0.2, 0.25) is 0 Å². The van der Waals surface area contributed by atoms with Crippen LogP contribution in [0.1, 0.15) is 16.3 Å². The first-order chi connectivity index (χ1) is 9.29. The van der Waals surface area contributed by atoms with Crippen LogP contribution in [0.15, 0.2) is 35.7 Å². The summed E-state index contributed by atoms with van der Waals surface area (Å²) in [6, 6.07) is 10.5. The Morgan fingerprint density at radius 1 is 1.26 bits per heavy atom. The highest BCUT2D eigenvalue weighted by atomic mass is 35.5. The highest BCUT2D eigenvalue weighted by Gasteiger charge is 2.12. The average Bonchev–Trinajstić information content (AvgIpc) is 3.00. The molecule has 0 N–H and O–H groups in total. The number of aromatic nitrogens is 2. The van der Waals surface area contributed by atoms with Crippen LogP contribution in [0, 0.1) is 6.92 Å². The lowest BCUT2D eigenvalue weighted by atomic mass is 10.2. The Hall–Kier alpha value is -1.32. The van der Waals surface area contributed by atoms with E-state index in [4.69, 9.17) is 16.6 Å². The fraction of sp³-hybridized carbons (Fsp3) is 0.267. The van der Waals surface area contributed by atoms with Crippen molar-refractivity contribution < 1.29 is 0 Å². The fourth-order valence-corrected chi connectivity index (χ4v) is 3.28. The third-order valence-corrected chi connectivity index (χ3v) is 4.31. The van der Waals surface area contributed by atoms with Crippen LogP contribution in [-0.2, 0) is 13.0 Å². The number of halogens is 1. The Morgan fingerprint density at radius 2 is 2.16 bits per heavy atom. The number of aryl methyl sites for hydroxylation is 2. The van der Waals surface area contributed by atoms with Gasteiger partial charge in [-0.1, -0.05) is 18.2 Å². The second kappa shape index (κ2) is 5.35. The largest absolute Gasteiger partial charge is 0.322 e. The van der Waals surface area contributed by atoms with Crippen LogP contribution in [0.3, 0.4) is 0 Å². The molecule has 0 aliphatic carbocycles. The third kappa shape index (κ3) is 2.40. The number of imidazole rings is 1. The SMILES string of the molecule is Cc1cccc2nc(CCCl)n(Cc3cccs3)c12. The molecule has 3 aromatic rings. The van der Waals surface area contributed by atoms with Gasteiger partial charge in [-0.25, -0.2) is 4.98 Å². The van der Waals surface area contributed by atoms with Crippen molar-refractivity contribution in [3.63, 3.8) is 0 Å². The molecule has 4 heteroatoms. The summed E-state index contributed by atoms with van der Waals surface area (Å²) < 4.78 is 2.30. The van der Waals surface area contributed by atoms with Gasteiger partial charge < -0.3 is 4.57 Å². The fourth-order valence-electron chi connectivity index (χ4n) is 2.42. The van der Waals surface area contributed by atoms with Crippen LogP contribution >= 0.6 is 22.9 Å². The Labute approximate surface area is 121 Å². The molecule has 0 fully saturated rings. The van der Waals surface area contributed by atoms with Crippen LogP contribution in [0.4, 0.5) is 0 Å². The first-order valence-corrected chi connectivity index (χ1v) is 7.74. The van der Waals surface area contributed by atoms with Gasteiger partial charge in [0, 0.05) is 17.2 Å². The maximum Gasteiger partial charge on any atom is 0.111 e. The van der Waals surface area contributed by atoms with E-state index in [0.29, 0.717) is 5.88 Å². The van der Waals surface area contributed by atoms with Crippen molar-refractivity contribution in [2.24, 2.45) is 0 Å². The zero-order chi connectivity index (χ0) is 13.2. The molecular weight excluding hydrogens is 276 g/mol. The smallest absolute Gasteiger partial charge is 0.111 e. The first-order valence-electron chi connectivity index (χ1n) is 6.32. The van der Waals surface area contributed by atoms with Gasteiger partial charge in [-0.2, -0.15) is 0 Å². The molecule has 3 rings (SSSR count). The van der Waals surface area contributed by atoms with Crippen LogP contribution in [0.5, 0.6) is 0 Å². The van der Waals surface area contributed by atoms with Crippen LogP contribution in [0.25, 0.3) is 11.0 Å². The van der Waals surface area contributed by atoms with Crippen molar-refractivity contribution in [3.8, 4) is 0 Å². The van der Waals surface area contributed by atoms with E-state index in [9.17, 15) is 0 Å². The van der Waals surface area contributed by atoms with Crippen molar-refractivity contribution >= 4 is 34.0 Å². The van der Waals surface area contributed by atoms with Crippen LogP contribution < -0.4 is 0 Å². The monoisotopic (exact) mass is 290 g/mol. The minimum Gasteiger partial charge on any atom is -0.322 e. The van der Waals surface area contributed by atoms with Crippen molar-refractivity contribution in [2.45, 2.75) is 19.9 Å². The Bertz CT molecular complexity index is 686. The van der Waals surface area contributed by atoms with Gasteiger partial charge in [0.25, 0.3) is 0 Å². The van der Waals surface area contributed by atoms with E-state index in [1.807, 2.05) is 0 Å². The van der Waals surface area contributed by atoms with Crippen LogP contribution in [-0.4, -0.2) is 15.4 Å². The first kappa shape index (κ1) is 12.7. The summed E-state index contributed by atoms with van der Waals surface area (Å²) in [6.45, 7) is 3.02. The topological polar surface area (TPSA) is 17.8 Å². The molecule has 0 saturated carbocycles. The molecule has 0 amide bonds. The van der Waals surface area contributed by atoms with Crippen molar-refractivity contribution in [1.82, 2.24) is 9.55 Å². The van der Waals surface area contributed by atoms with E-state index in [1.165, 1.54) is 16.0 Å². The third-order valence-electron chi connectivity index (χ3n) is 3.26. The number of para-hydroxylation sites is 1. The average molecular weight is 291 g/mol. The lowest BCUT2D eigenvalue weighted by Gasteiger charge is -2.08. The molecule has 0 bridgehead atoms. The van der Waals surface area contributed by atoms with Gasteiger partial charge >= 0.3 is 0 Å². The molecule has 0 aliphatic rings. The van der Waals surface area contributed by atoms with Crippen molar-refractivity contribution in [1.29, 1.82) is 0 Å². The highest BCUT2D eigenvalue weighted by molar-refractivity contribution is 7.09. The second-order valence-electron chi connectivity index (χ2n) is 4.58. The zero-order valence-corrected chi connectivity index (χ0v) is 12.3. The predicted molar refractivity (Wildman–Crippen MR) is 82.3 cm³/mol. The molecule has 2 heterocycles. The number of benzene rings is 1. The minimum absolute atomic E-state index is 0.604. The van der Waals surface area contributed by atoms with Gasteiger partial charge in [0.1, 0.15) is 5.82 Å². The molecule has 19 heavy (non-hydrogen) atoms. The highest BCUT2D eigenvalue weighted by Crippen LogP contribution is 2.23. The minimum atomic E-state index is 0.604. The van der Waals surface area contributed by atoms with E-state index in [-0.39, 0.29) is 0 Å². The molecular formula is C15H15ClN2S. The lowest BCUT2D eigenvalue weighted by molar-refractivity contribution is 0.762. The summed E-state index contributed by atoms with van der Waals surface area (Å²) >= 11 is 7.69. The molecule has 2 aromatic heterocycles. The lowest BCUT2D eigenvalue weighted by Crippen LogP contribution is -2.05. The maximum absolute atomic E-state index is 5.91. The van der Waals surface area contributed by atoms with E-state index in [2.05, 4.69) is 47.2 Å². The number of rotatable bonds is 4. The molecule has 2 nitrogen and oxygen atoms in total.